The molecule has 1 atom stereocenters. The fourth-order valence-electron chi connectivity index (χ4n) is 1.99. The first-order valence-electron chi connectivity index (χ1n) is 4.95. The van der Waals surface area contributed by atoms with Gasteiger partial charge in [-0.2, -0.15) is 0 Å². The van der Waals surface area contributed by atoms with Gasteiger partial charge in [-0.1, -0.05) is 33.0 Å². The summed E-state index contributed by atoms with van der Waals surface area (Å²) in [4.78, 5) is 11.1. The molecule has 0 amide bonds. The van der Waals surface area contributed by atoms with Gasteiger partial charge in [-0.25, -0.2) is 0 Å². The van der Waals surface area contributed by atoms with Crippen LogP contribution < -0.4 is 0 Å². The third kappa shape index (κ3) is 4.46. The molecule has 0 heterocycles. The predicted molar refractivity (Wildman–Crippen MR) is 58.8 cm³/mol. The zero-order valence-electron chi connectivity index (χ0n) is 9.48. The first kappa shape index (κ1) is 12.7. The number of carboxylic acids is 1. The molecule has 1 N–H and O–H groups in total. The summed E-state index contributed by atoms with van der Waals surface area (Å²) >= 11 is 0. The minimum Gasteiger partial charge on any atom is -0.481 e. The van der Waals surface area contributed by atoms with E-state index < -0.39 is 19.5 Å². The largest absolute Gasteiger partial charge is 0.481 e. The van der Waals surface area contributed by atoms with Crippen LogP contribution >= 0.6 is 0 Å². The highest BCUT2D eigenvalue weighted by molar-refractivity contribution is 6.76. The first-order valence-corrected chi connectivity index (χ1v) is 8.65. The molecule has 78 valence electrons. The molecule has 0 aromatic heterocycles. The van der Waals surface area contributed by atoms with Gasteiger partial charge in [0.25, 0.3) is 0 Å². The number of hydrogen-bond acceptors (Lipinski definition) is 1. The minimum atomic E-state index is -1.27. The fourth-order valence-corrected chi connectivity index (χ4v) is 4.66. The van der Waals surface area contributed by atoms with E-state index in [9.17, 15) is 4.79 Å². The molecule has 2 nitrogen and oxygen atoms in total. The van der Waals surface area contributed by atoms with E-state index in [-0.39, 0.29) is 0 Å². The Labute approximate surface area is 82.4 Å². The van der Waals surface area contributed by atoms with Gasteiger partial charge in [0.05, 0.1) is 5.41 Å². The van der Waals surface area contributed by atoms with Crippen molar-refractivity contribution in [2.24, 2.45) is 5.41 Å². The Balaban J connectivity index is 4.51. The number of carboxylic acid groups (broad SMARTS) is 1. The lowest BCUT2D eigenvalue weighted by Gasteiger charge is -2.30. The van der Waals surface area contributed by atoms with Crippen LogP contribution in [-0.4, -0.2) is 19.1 Å². The highest BCUT2D eigenvalue weighted by Gasteiger charge is 2.36. The lowest BCUT2D eigenvalue weighted by atomic mass is 9.88. The lowest BCUT2D eigenvalue weighted by molar-refractivity contribution is -0.147. The van der Waals surface area contributed by atoms with Crippen molar-refractivity contribution in [3.63, 3.8) is 0 Å². The SMILES string of the molecule is CCCC(C)(C[Si](C)(C)C)C(=O)O. The summed E-state index contributed by atoms with van der Waals surface area (Å²) in [6.45, 7) is 10.6. The van der Waals surface area contributed by atoms with Crippen LogP contribution in [0.2, 0.25) is 25.7 Å². The van der Waals surface area contributed by atoms with E-state index in [1.165, 1.54) is 0 Å². The third-order valence-corrected chi connectivity index (χ3v) is 4.08. The van der Waals surface area contributed by atoms with Gasteiger partial charge in [-0.15, -0.1) is 0 Å². The standard InChI is InChI=1S/C10H22O2Si/c1-6-7-10(2,9(11)12)8-13(3,4)5/h6-8H2,1-5H3,(H,11,12). The molecule has 13 heavy (non-hydrogen) atoms. The molecule has 0 radical (unpaired) electrons. The van der Waals surface area contributed by atoms with Crippen molar-refractivity contribution >= 4 is 14.0 Å². The summed E-state index contributed by atoms with van der Waals surface area (Å²) in [6.07, 6.45) is 1.75. The average molecular weight is 202 g/mol. The van der Waals surface area contributed by atoms with Gasteiger partial charge in [-0.3, -0.25) is 4.79 Å². The molecule has 0 saturated heterocycles. The maximum atomic E-state index is 11.1. The second-order valence-electron chi connectivity index (χ2n) is 5.35. The van der Waals surface area contributed by atoms with E-state index in [0.29, 0.717) is 0 Å². The Morgan fingerprint density at radius 1 is 1.38 bits per heavy atom. The van der Waals surface area contributed by atoms with Crippen molar-refractivity contribution in [2.45, 2.75) is 52.4 Å². The Hall–Kier alpha value is -0.313. The zero-order valence-corrected chi connectivity index (χ0v) is 10.5. The van der Waals surface area contributed by atoms with Crippen molar-refractivity contribution in [1.82, 2.24) is 0 Å². The van der Waals surface area contributed by atoms with Gasteiger partial charge in [0.2, 0.25) is 0 Å². The Morgan fingerprint density at radius 3 is 2.08 bits per heavy atom. The number of hydrogen-bond donors (Lipinski definition) is 1. The van der Waals surface area contributed by atoms with Crippen LogP contribution in [-0.2, 0) is 4.79 Å². The molecule has 0 saturated carbocycles. The number of carbonyl (C=O) groups is 1. The van der Waals surface area contributed by atoms with Gasteiger partial charge in [0.1, 0.15) is 0 Å². The molecule has 0 rings (SSSR count). The quantitative estimate of drug-likeness (QED) is 0.695. The van der Waals surface area contributed by atoms with Crippen LogP contribution in [0.25, 0.3) is 0 Å². The molecule has 0 aromatic carbocycles. The molecule has 0 aliphatic carbocycles. The maximum absolute atomic E-state index is 11.1. The van der Waals surface area contributed by atoms with Crippen LogP contribution in [0.1, 0.15) is 26.7 Å². The van der Waals surface area contributed by atoms with E-state index in [4.69, 9.17) is 5.11 Å². The monoisotopic (exact) mass is 202 g/mol. The van der Waals surface area contributed by atoms with Crippen molar-refractivity contribution in [3.8, 4) is 0 Å². The first-order chi connectivity index (χ1) is 5.71. The lowest BCUT2D eigenvalue weighted by Crippen LogP contribution is -2.36. The molecule has 0 aliphatic rings. The molecule has 0 fully saturated rings. The molecule has 3 heteroatoms. The van der Waals surface area contributed by atoms with Gasteiger partial charge in [0, 0.05) is 8.07 Å². The van der Waals surface area contributed by atoms with Crippen molar-refractivity contribution in [2.75, 3.05) is 0 Å². The Bertz CT molecular complexity index is 184. The van der Waals surface area contributed by atoms with E-state index in [1.54, 1.807) is 0 Å². The van der Waals surface area contributed by atoms with Crippen LogP contribution in [0.4, 0.5) is 0 Å². The molecule has 1 unspecified atom stereocenters. The molecular weight excluding hydrogens is 180 g/mol. The second kappa shape index (κ2) is 4.27. The fraction of sp³-hybridized carbons (Fsp3) is 0.900. The normalized spacial score (nSPS) is 16.7. The van der Waals surface area contributed by atoms with Crippen LogP contribution in [0.15, 0.2) is 0 Å². The Kier molecular flexibility index (Phi) is 4.16. The average Bonchev–Trinajstić information content (AvgIpc) is 1.82. The molecule has 0 spiro atoms. The van der Waals surface area contributed by atoms with Gasteiger partial charge in [0.15, 0.2) is 0 Å². The van der Waals surface area contributed by atoms with Crippen molar-refractivity contribution < 1.29 is 9.90 Å². The van der Waals surface area contributed by atoms with Gasteiger partial charge >= 0.3 is 5.97 Å². The molecular formula is C10H22O2Si. The van der Waals surface area contributed by atoms with Crippen molar-refractivity contribution in [3.05, 3.63) is 0 Å². The van der Waals surface area contributed by atoms with Crippen LogP contribution in [0.3, 0.4) is 0 Å². The van der Waals surface area contributed by atoms with E-state index in [0.717, 1.165) is 18.9 Å². The smallest absolute Gasteiger partial charge is 0.309 e. The highest BCUT2D eigenvalue weighted by Crippen LogP contribution is 2.33. The summed E-state index contributed by atoms with van der Waals surface area (Å²) in [5.74, 6) is -0.628. The summed E-state index contributed by atoms with van der Waals surface area (Å²) in [7, 11) is -1.27. The summed E-state index contributed by atoms with van der Waals surface area (Å²) in [5, 5.41) is 9.15. The van der Waals surface area contributed by atoms with E-state index >= 15 is 0 Å². The molecule has 0 aromatic rings. The van der Waals surface area contributed by atoms with Gasteiger partial charge < -0.3 is 5.11 Å². The molecule has 0 aliphatic heterocycles. The third-order valence-electron chi connectivity index (χ3n) is 2.24. The zero-order chi connectivity index (χ0) is 10.7. The second-order valence-corrected chi connectivity index (χ2v) is 10.8. The van der Waals surface area contributed by atoms with E-state index in [2.05, 4.69) is 19.6 Å². The maximum Gasteiger partial charge on any atom is 0.309 e. The summed E-state index contributed by atoms with van der Waals surface area (Å²) < 4.78 is 0. The van der Waals surface area contributed by atoms with Crippen LogP contribution in [0, 0.1) is 5.41 Å². The molecule has 0 bridgehead atoms. The van der Waals surface area contributed by atoms with Gasteiger partial charge in [-0.05, 0) is 19.4 Å². The predicted octanol–water partition coefficient (Wildman–Crippen LogP) is 3.22. The van der Waals surface area contributed by atoms with E-state index in [1.807, 2.05) is 13.8 Å². The number of aliphatic carboxylic acids is 1. The highest BCUT2D eigenvalue weighted by atomic mass is 28.3. The Morgan fingerprint density at radius 2 is 1.85 bits per heavy atom. The summed E-state index contributed by atoms with van der Waals surface area (Å²) in [6, 6.07) is 0.878. The van der Waals surface area contributed by atoms with Crippen molar-refractivity contribution in [1.29, 1.82) is 0 Å². The number of rotatable bonds is 5. The topological polar surface area (TPSA) is 37.3 Å². The minimum absolute atomic E-state index is 0.487. The summed E-state index contributed by atoms with van der Waals surface area (Å²) in [5.41, 5.74) is -0.487. The van der Waals surface area contributed by atoms with Crippen LogP contribution in [0.5, 0.6) is 0 Å².